The van der Waals surface area contributed by atoms with E-state index in [1.807, 2.05) is 6.92 Å². The van der Waals surface area contributed by atoms with Crippen LogP contribution >= 0.6 is 0 Å². The molecule has 1 aliphatic rings. The molecule has 1 heterocycles. The summed E-state index contributed by atoms with van der Waals surface area (Å²) in [5, 5.41) is 0. The first kappa shape index (κ1) is 15.0. The second-order valence-electron chi connectivity index (χ2n) is 6.01. The lowest BCUT2D eigenvalue weighted by atomic mass is 9.73. The van der Waals surface area contributed by atoms with Crippen LogP contribution in [0.25, 0.3) is 0 Å². The van der Waals surface area contributed by atoms with Gasteiger partial charge in [-0.2, -0.15) is 0 Å². The highest BCUT2D eigenvalue weighted by Gasteiger charge is 2.31. The van der Waals surface area contributed by atoms with Gasteiger partial charge in [0.25, 0.3) is 0 Å². The molecule has 2 rings (SSSR count). The zero-order valence-electron chi connectivity index (χ0n) is 13.2. The highest BCUT2D eigenvalue weighted by atomic mass is 15.1. The van der Waals surface area contributed by atoms with E-state index >= 15 is 0 Å². The number of hydrogen-bond acceptors (Lipinski definition) is 1. The van der Waals surface area contributed by atoms with Crippen LogP contribution in [0.2, 0.25) is 0 Å². The van der Waals surface area contributed by atoms with Crippen LogP contribution in [0.4, 0.5) is 5.69 Å². The predicted octanol–water partition coefficient (Wildman–Crippen LogP) is 4.85. The Kier molecular flexibility index (Phi) is 5.12. The maximum absolute atomic E-state index is 3.11. The van der Waals surface area contributed by atoms with Gasteiger partial charge in [-0.15, -0.1) is 5.92 Å². The van der Waals surface area contributed by atoms with Gasteiger partial charge in [-0.25, -0.2) is 0 Å². The van der Waals surface area contributed by atoms with E-state index in [1.54, 1.807) is 0 Å². The van der Waals surface area contributed by atoms with Gasteiger partial charge in [-0.1, -0.05) is 32.6 Å². The Hall–Kier alpha value is -1.42. The number of rotatable bonds is 4. The monoisotopic (exact) mass is 269 g/mol. The molecule has 1 saturated heterocycles. The molecule has 1 aliphatic heterocycles. The van der Waals surface area contributed by atoms with E-state index in [0.29, 0.717) is 5.41 Å². The van der Waals surface area contributed by atoms with Crippen molar-refractivity contribution in [2.24, 2.45) is 5.41 Å². The Labute approximate surface area is 124 Å². The molecule has 1 nitrogen and oxygen atoms in total. The Morgan fingerprint density at radius 2 is 1.75 bits per heavy atom. The van der Waals surface area contributed by atoms with Gasteiger partial charge in [0.1, 0.15) is 0 Å². The highest BCUT2D eigenvalue weighted by molar-refractivity contribution is 5.50. The molecule has 1 aromatic carbocycles. The fraction of sp³-hybridized carbons (Fsp3) is 0.579. The second-order valence-corrected chi connectivity index (χ2v) is 6.01. The third kappa shape index (κ3) is 3.37. The van der Waals surface area contributed by atoms with Crippen molar-refractivity contribution in [3.63, 3.8) is 0 Å². The zero-order valence-corrected chi connectivity index (χ0v) is 13.2. The van der Waals surface area contributed by atoms with Crippen LogP contribution in [0.5, 0.6) is 0 Å². The summed E-state index contributed by atoms with van der Waals surface area (Å²) in [6.07, 6.45) is 6.72. The molecule has 0 aliphatic carbocycles. The van der Waals surface area contributed by atoms with E-state index in [1.165, 1.54) is 50.9 Å². The number of piperidine rings is 1. The van der Waals surface area contributed by atoms with Gasteiger partial charge in [0.15, 0.2) is 0 Å². The van der Waals surface area contributed by atoms with Crippen LogP contribution in [0.1, 0.15) is 58.4 Å². The molecule has 1 aromatic rings. The second kappa shape index (κ2) is 6.84. The van der Waals surface area contributed by atoms with E-state index < -0.39 is 0 Å². The van der Waals surface area contributed by atoms with Gasteiger partial charge in [0.05, 0.1) is 0 Å². The maximum Gasteiger partial charge on any atom is 0.0367 e. The van der Waals surface area contributed by atoms with E-state index in [0.717, 1.165) is 5.56 Å². The molecule has 0 saturated carbocycles. The summed E-state index contributed by atoms with van der Waals surface area (Å²) in [7, 11) is 0. The first-order chi connectivity index (χ1) is 9.73. The lowest BCUT2D eigenvalue weighted by Gasteiger charge is -2.42. The van der Waals surface area contributed by atoms with Crippen LogP contribution < -0.4 is 4.90 Å². The summed E-state index contributed by atoms with van der Waals surface area (Å²) < 4.78 is 0. The number of nitrogens with zero attached hydrogens (tertiary/aromatic N) is 1. The number of benzene rings is 1. The molecule has 0 bridgehead atoms. The first-order valence-electron chi connectivity index (χ1n) is 8.01. The van der Waals surface area contributed by atoms with Crippen LogP contribution in [0.15, 0.2) is 24.3 Å². The lowest BCUT2D eigenvalue weighted by molar-refractivity contribution is 0.188. The van der Waals surface area contributed by atoms with Crippen molar-refractivity contribution < 1.29 is 0 Å². The van der Waals surface area contributed by atoms with Crippen LogP contribution in [-0.4, -0.2) is 13.1 Å². The SMILES string of the molecule is CC#Cc1ccc(N2CCC(CC)(CCC)CC2)cc1. The van der Waals surface area contributed by atoms with Crippen molar-refractivity contribution >= 4 is 5.69 Å². The minimum absolute atomic E-state index is 0.610. The third-order valence-electron chi connectivity index (χ3n) is 4.86. The molecule has 1 fully saturated rings. The highest BCUT2D eigenvalue weighted by Crippen LogP contribution is 2.40. The molecule has 0 spiro atoms. The fourth-order valence-corrected chi connectivity index (χ4v) is 3.45. The van der Waals surface area contributed by atoms with Crippen molar-refractivity contribution in [2.75, 3.05) is 18.0 Å². The zero-order chi connectivity index (χ0) is 14.4. The molecule has 0 unspecified atom stereocenters. The van der Waals surface area contributed by atoms with E-state index in [9.17, 15) is 0 Å². The van der Waals surface area contributed by atoms with Crippen LogP contribution in [0.3, 0.4) is 0 Å². The molecule has 0 atom stereocenters. The summed E-state index contributed by atoms with van der Waals surface area (Å²) in [6.45, 7) is 8.97. The fourth-order valence-electron chi connectivity index (χ4n) is 3.45. The van der Waals surface area contributed by atoms with Crippen molar-refractivity contribution in [1.82, 2.24) is 0 Å². The quantitative estimate of drug-likeness (QED) is 0.706. The smallest absolute Gasteiger partial charge is 0.0367 e. The van der Waals surface area contributed by atoms with E-state index in [2.05, 4.69) is 54.9 Å². The first-order valence-corrected chi connectivity index (χ1v) is 8.01. The summed E-state index contributed by atoms with van der Waals surface area (Å²) in [5.74, 6) is 6.06. The standard InChI is InChI=1S/C19H27N/c1-4-7-17-8-10-18(11-9-17)20-15-13-19(6-3,12-5-2)14-16-20/h8-11H,5-6,12-16H2,1-3H3. The maximum atomic E-state index is 3.11. The van der Waals surface area contributed by atoms with E-state index in [4.69, 9.17) is 0 Å². The molecule has 1 heteroatoms. The third-order valence-corrected chi connectivity index (χ3v) is 4.86. The minimum atomic E-state index is 0.610. The number of hydrogen-bond donors (Lipinski definition) is 0. The van der Waals surface area contributed by atoms with Crippen LogP contribution in [0, 0.1) is 17.3 Å². The molecular formula is C19H27N. The molecular weight excluding hydrogens is 242 g/mol. The van der Waals surface area contributed by atoms with Gasteiger partial charge in [0, 0.05) is 24.3 Å². The van der Waals surface area contributed by atoms with Gasteiger partial charge >= 0.3 is 0 Å². The Morgan fingerprint density at radius 1 is 1.10 bits per heavy atom. The predicted molar refractivity (Wildman–Crippen MR) is 88.1 cm³/mol. The van der Waals surface area contributed by atoms with Crippen molar-refractivity contribution in [3.05, 3.63) is 29.8 Å². The number of anilines is 1. The summed E-state index contributed by atoms with van der Waals surface area (Å²) in [5.41, 5.74) is 3.08. The summed E-state index contributed by atoms with van der Waals surface area (Å²) in [6, 6.07) is 8.72. The molecule has 108 valence electrons. The Morgan fingerprint density at radius 3 is 2.25 bits per heavy atom. The molecule has 0 N–H and O–H groups in total. The van der Waals surface area contributed by atoms with Crippen molar-refractivity contribution in [2.45, 2.75) is 52.9 Å². The average molecular weight is 269 g/mol. The van der Waals surface area contributed by atoms with Gasteiger partial charge in [0.2, 0.25) is 0 Å². The van der Waals surface area contributed by atoms with Crippen LogP contribution in [-0.2, 0) is 0 Å². The lowest BCUT2D eigenvalue weighted by Crippen LogP contribution is -2.39. The minimum Gasteiger partial charge on any atom is -0.371 e. The van der Waals surface area contributed by atoms with Gasteiger partial charge in [-0.05, 0) is 55.9 Å². The molecule has 0 aromatic heterocycles. The topological polar surface area (TPSA) is 3.24 Å². The average Bonchev–Trinajstić information content (AvgIpc) is 2.50. The van der Waals surface area contributed by atoms with E-state index in [-0.39, 0.29) is 0 Å². The molecule has 20 heavy (non-hydrogen) atoms. The Bertz CT molecular complexity index is 467. The largest absolute Gasteiger partial charge is 0.371 e. The van der Waals surface area contributed by atoms with Gasteiger partial charge in [-0.3, -0.25) is 0 Å². The summed E-state index contributed by atoms with van der Waals surface area (Å²) >= 11 is 0. The molecule has 0 amide bonds. The Balaban J connectivity index is 2.00. The van der Waals surface area contributed by atoms with Gasteiger partial charge < -0.3 is 4.90 Å². The summed E-state index contributed by atoms with van der Waals surface area (Å²) in [4.78, 5) is 2.53. The normalized spacial score (nSPS) is 17.4. The van der Waals surface area contributed by atoms with Crippen molar-refractivity contribution in [3.8, 4) is 11.8 Å². The van der Waals surface area contributed by atoms with Crippen molar-refractivity contribution in [1.29, 1.82) is 0 Å². The molecule has 0 radical (unpaired) electrons.